The van der Waals surface area contributed by atoms with Crippen LogP contribution in [0.2, 0.25) is 0 Å². The van der Waals surface area contributed by atoms with Crippen molar-refractivity contribution in [3.05, 3.63) is 114 Å². The Balaban J connectivity index is 2.12. The molecule has 1 heterocycles. The fraction of sp³-hybridized carbons (Fsp3) is 0.154. The van der Waals surface area contributed by atoms with Gasteiger partial charge < -0.3 is 15.3 Å². The van der Waals surface area contributed by atoms with Crippen molar-refractivity contribution in [2.24, 2.45) is 0 Å². The van der Waals surface area contributed by atoms with Gasteiger partial charge in [0.25, 0.3) is 0 Å². The topological polar surface area (TPSA) is 90.7 Å². The normalized spacial score (nSPS) is 13.0. The van der Waals surface area contributed by atoms with E-state index in [1.54, 1.807) is 48.8 Å². The lowest BCUT2D eigenvalue weighted by Gasteiger charge is -2.16. The Morgan fingerprint density at radius 2 is 1.48 bits per heavy atom. The Morgan fingerprint density at radius 1 is 0.909 bits per heavy atom. The van der Waals surface area contributed by atoms with E-state index in [4.69, 9.17) is 5.11 Å². The third kappa shape index (κ3) is 6.90. The SMILES string of the molecule is O=C(O)C[C@H](O)C[C@H](O)/C=C/C(=C(c1ccc(F)cc1)c1ccc(F)cc1)c1cccnc1. The van der Waals surface area contributed by atoms with E-state index in [0.717, 1.165) is 0 Å². The maximum Gasteiger partial charge on any atom is 0.305 e. The van der Waals surface area contributed by atoms with Gasteiger partial charge in [0.15, 0.2) is 0 Å². The predicted octanol–water partition coefficient (Wildman–Crippen LogP) is 4.46. The number of pyridine rings is 1. The van der Waals surface area contributed by atoms with Crippen LogP contribution in [0, 0.1) is 11.6 Å². The first kappa shape index (κ1) is 24.0. The number of hydrogen-bond donors (Lipinski definition) is 3. The molecule has 0 bridgehead atoms. The first-order valence-corrected chi connectivity index (χ1v) is 10.3. The maximum atomic E-state index is 13.6. The van der Waals surface area contributed by atoms with Gasteiger partial charge in [-0.3, -0.25) is 9.78 Å². The standard InChI is InChI=1S/C26H23F2NO4/c27-20-7-3-17(4-8-20)26(18-5-9-21(28)10-6-18)24(19-2-1-13-29-16-19)12-11-22(30)14-23(31)15-25(32)33/h1-13,16,22-23,30-31H,14-15H2,(H,32,33)/b12-11+/t22-,23-/m1/s1. The average Bonchev–Trinajstić information content (AvgIpc) is 2.78. The van der Waals surface area contributed by atoms with Gasteiger partial charge >= 0.3 is 5.97 Å². The Labute approximate surface area is 190 Å². The molecule has 0 radical (unpaired) electrons. The van der Waals surface area contributed by atoms with Crippen molar-refractivity contribution >= 4 is 17.1 Å². The third-order valence-electron chi connectivity index (χ3n) is 4.92. The fourth-order valence-electron chi connectivity index (χ4n) is 3.41. The van der Waals surface area contributed by atoms with Crippen LogP contribution in [0.15, 0.2) is 85.2 Å². The molecular weight excluding hydrogens is 428 g/mol. The monoisotopic (exact) mass is 451 g/mol. The lowest BCUT2D eigenvalue weighted by molar-refractivity contribution is -0.139. The zero-order chi connectivity index (χ0) is 23.8. The van der Waals surface area contributed by atoms with E-state index in [9.17, 15) is 23.8 Å². The molecule has 0 saturated carbocycles. The number of halogens is 2. The number of carbonyl (C=O) groups is 1. The van der Waals surface area contributed by atoms with Gasteiger partial charge in [-0.15, -0.1) is 0 Å². The van der Waals surface area contributed by atoms with E-state index in [0.29, 0.717) is 27.8 Å². The highest BCUT2D eigenvalue weighted by molar-refractivity contribution is 6.02. The zero-order valence-electron chi connectivity index (χ0n) is 17.6. The summed E-state index contributed by atoms with van der Waals surface area (Å²) in [5.74, 6) is -1.97. The number of carboxylic acid groups (broad SMARTS) is 1. The summed E-state index contributed by atoms with van der Waals surface area (Å²) in [6.45, 7) is 0. The molecule has 2 aromatic carbocycles. The molecule has 2 atom stereocenters. The number of allylic oxidation sites excluding steroid dienone is 2. The molecule has 0 aliphatic heterocycles. The van der Waals surface area contributed by atoms with Gasteiger partial charge in [-0.25, -0.2) is 8.78 Å². The molecule has 3 aromatic rings. The summed E-state index contributed by atoms with van der Waals surface area (Å²) >= 11 is 0. The number of benzene rings is 2. The van der Waals surface area contributed by atoms with E-state index in [-0.39, 0.29) is 6.42 Å². The molecule has 3 N–H and O–H groups in total. The second-order valence-electron chi connectivity index (χ2n) is 7.46. The van der Waals surface area contributed by atoms with Gasteiger partial charge in [0.05, 0.1) is 18.6 Å². The summed E-state index contributed by atoms with van der Waals surface area (Å²) in [5, 5.41) is 29.0. The number of aliphatic hydroxyl groups is 2. The predicted molar refractivity (Wildman–Crippen MR) is 121 cm³/mol. The highest BCUT2D eigenvalue weighted by atomic mass is 19.1. The van der Waals surface area contributed by atoms with E-state index in [1.165, 1.54) is 30.3 Å². The van der Waals surface area contributed by atoms with Crippen LogP contribution in [0.3, 0.4) is 0 Å². The van der Waals surface area contributed by atoms with Crippen molar-refractivity contribution in [3.8, 4) is 0 Å². The molecule has 7 heteroatoms. The summed E-state index contributed by atoms with van der Waals surface area (Å²) in [4.78, 5) is 14.9. The van der Waals surface area contributed by atoms with Crippen molar-refractivity contribution < 1.29 is 28.9 Å². The smallest absolute Gasteiger partial charge is 0.305 e. The number of aliphatic hydroxyl groups excluding tert-OH is 2. The van der Waals surface area contributed by atoms with Gasteiger partial charge in [-0.1, -0.05) is 42.5 Å². The summed E-state index contributed by atoms with van der Waals surface area (Å²) in [5.41, 5.74) is 3.28. The van der Waals surface area contributed by atoms with Crippen molar-refractivity contribution in [2.45, 2.75) is 25.0 Å². The van der Waals surface area contributed by atoms with Crippen LogP contribution < -0.4 is 0 Å². The van der Waals surface area contributed by atoms with E-state index < -0.39 is 36.2 Å². The minimum Gasteiger partial charge on any atom is -0.481 e. The van der Waals surface area contributed by atoms with Gasteiger partial charge in [0.1, 0.15) is 11.6 Å². The number of aliphatic carboxylic acids is 1. The van der Waals surface area contributed by atoms with Crippen LogP contribution in [0.5, 0.6) is 0 Å². The molecule has 0 aliphatic carbocycles. The van der Waals surface area contributed by atoms with E-state index in [1.807, 2.05) is 6.07 Å². The molecule has 0 amide bonds. The van der Waals surface area contributed by atoms with Gasteiger partial charge in [-0.05, 0) is 52.6 Å². The van der Waals surface area contributed by atoms with E-state index >= 15 is 0 Å². The minimum absolute atomic E-state index is 0.161. The fourth-order valence-corrected chi connectivity index (χ4v) is 3.41. The number of aromatic nitrogens is 1. The zero-order valence-corrected chi connectivity index (χ0v) is 17.6. The maximum absolute atomic E-state index is 13.6. The Morgan fingerprint density at radius 3 is 1.97 bits per heavy atom. The second-order valence-corrected chi connectivity index (χ2v) is 7.46. The van der Waals surface area contributed by atoms with Gasteiger partial charge in [-0.2, -0.15) is 0 Å². The molecular formula is C26H23F2NO4. The number of hydrogen-bond acceptors (Lipinski definition) is 4. The number of rotatable bonds is 9. The molecule has 1 aromatic heterocycles. The van der Waals surface area contributed by atoms with Crippen LogP contribution in [0.1, 0.15) is 29.5 Å². The molecule has 0 unspecified atom stereocenters. The van der Waals surface area contributed by atoms with Crippen molar-refractivity contribution in [3.63, 3.8) is 0 Å². The van der Waals surface area contributed by atoms with E-state index in [2.05, 4.69) is 4.98 Å². The Bertz CT molecular complexity index is 1080. The highest BCUT2D eigenvalue weighted by Gasteiger charge is 2.16. The second kappa shape index (κ2) is 11.3. The summed E-state index contributed by atoms with van der Waals surface area (Å²) in [6.07, 6.45) is 3.35. The van der Waals surface area contributed by atoms with Crippen LogP contribution in [-0.2, 0) is 4.79 Å². The van der Waals surface area contributed by atoms with Crippen LogP contribution in [0.25, 0.3) is 11.1 Å². The molecule has 0 aliphatic rings. The number of carboxylic acids is 1. The summed E-state index contributed by atoms with van der Waals surface area (Å²) in [6, 6.07) is 15.2. The Hall–Kier alpha value is -3.68. The molecule has 0 fully saturated rings. The summed E-state index contributed by atoms with van der Waals surface area (Å²) < 4.78 is 27.2. The van der Waals surface area contributed by atoms with Crippen LogP contribution in [0.4, 0.5) is 8.78 Å². The molecule has 170 valence electrons. The molecule has 3 rings (SSSR count). The molecule has 5 nitrogen and oxygen atoms in total. The Kier molecular flexibility index (Phi) is 8.18. The summed E-state index contributed by atoms with van der Waals surface area (Å²) in [7, 11) is 0. The lowest BCUT2D eigenvalue weighted by atomic mass is 9.89. The third-order valence-corrected chi connectivity index (χ3v) is 4.92. The van der Waals surface area contributed by atoms with Crippen molar-refractivity contribution in [1.29, 1.82) is 0 Å². The van der Waals surface area contributed by atoms with Crippen molar-refractivity contribution in [2.75, 3.05) is 0 Å². The van der Waals surface area contributed by atoms with Crippen molar-refractivity contribution in [1.82, 2.24) is 4.98 Å². The quantitative estimate of drug-likeness (QED) is 0.418. The molecule has 0 saturated heterocycles. The van der Waals surface area contributed by atoms with Gasteiger partial charge in [0.2, 0.25) is 0 Å². The largest absolute Gasteiger partial charge is 0.481 e. The first-order valence-electron chi connectivity index (χ1n) is 10.3. The highest BCUT2D eigenvalue weighted by Crippen LogP contribution is 2.33. The molecule has 0 spiro atoms. The molecule has 33 heavy (non-hydrogen) atoms. The lowest BCUT2D eigenvalue weighted by Crippen LogP contribution is -2.19. The first-order chi connectivity index (χ1) is 15.8. The number of nitrogens with zero attached hydrogens (tertiary/aromatic N) is 1. The van der Waals surface area contributed by atoms with Crippen LogP contribution >= 0.6 is 0 Å². The van der Waals surface area contributed by atoms with Gasteiger partial charge in [0, 0.05) is 24.4 Å². The average molecular weight is 451 g/mol. The van der Waals surface area contributed by atoms with Crippen LogP contribution in [-0.4, -0.2) is 38.5 Å². The minimum atomic E-state index is -1.21.